The second-order valence-corrected chi connectivity index (χ2v) is 9.13. The molecule has 4 rings (SSSR count). The molecule has 0 aromatic heterocycles. The van der Waals surface area contributed by atoms with E-state index >= 15 is 0 Å². The molecule has 0 saturated heterocycles. The van der Waals surface area contributed by atoms with Crippen LogP contribution in [-0.2, 0) is 10.1 Å². The van der Waals surface area contributed by atoms with Crippen LogP contribution >= 0.6 is 0 Å². The van der Waals surface area contributed by atoms with Gasteiger partial charge in [-0.05, 0) is 39.4 Å². The fraction of sp³-hybridized carbons (Fsp3) is 0.167. The smallest absolute Gasteiger partial charge is 0.375 e. The van der Waals surface area contributed by atoms with Gasteiger partial charge in [-0.3, -0.25) is 0 Å². The maximum Gasteiger partial charge on any atom is 0.534 e. The van der Waals surface area contributed by atoms with E-state index in [4.69, 9.17) is 4.18 Å². The number of hydrogen-bond donors (Lipinski definition) is 0. The van der Waals surface area contributed by atoms with E-state index in [2.05, 4.69) is 13.8 Å². The lowest BCUT2D eigenvalue weighted by Crippen LogP contribution is -2.28. The van der Waals surface area contributed by atoms with Gasteiger partial charge in [0.2, 0.25) is 0 Å². The molecule has 0 fully saturated rings. The summed E-state index contributed by atoms with van der Waals surface area (Å²) in [6.07, 6.45) is 0. The van der Waals surface area contributed by atoms with Crippen molar-refractivity contribution in [2.45, 2.75) is 25.3 Å². The van der Waals surface area contributed by atoms with Gasteiger partial charge in [-0.2, -0.15) is 21.6 Å². The molecule has 0 radical (unpaired) electrons. The fourth-order valence-electron chi connectivity index (χ4n) is 3.61. The van der Waals surface area contributed by atoms with Crippen molar-refractivity contribution in [1.82, 2.24) is 0 Å². The Morgan fingerprint density at radius 2 is 1.48 bits per heavy atom. The zero-order chi connectivity index (χ0) is 22.4. The minimum Gasteiger partial charge on any atom is -0.375 e. The Bertz CT molecular complexity index is 1370. The second kappa shape index (κ2) is 7.57. The molecule has 4 aromatic rings. The maximum atomic E-state index is 13.1. The Morgan fingerprint density at radius 1 is 0.839 bits per heavy atom. The first-order valence-electron chi connectivity index (χ1n) is 9.64. The van der Waals surface area contributed by atoms with Gasteiger partial charge in [0.15, 0.2) is 5.75 Å². The first-order valence-corrected chi connectivity index (χ1v) is 11.0. The molecule has 7 heteroatoms. The van der Waals surface area contributed by atoms with Crippen molar-refractivity contribution < 1.29 is 25.8 Å². The summed E-state index contributed by atoms with van der Waals surface area (Å²) in [5, 5.41) is 1.76. The van der Waals surface area contributed by atoms with Crippen LogP contribution in [0.5, 0.6) is 5.75 Å². The summed E-state index contributed by atoms with van der Waals surface area (Å²) in [5.74, 6) is -0.00436. The summed E-state index contributed by atoms with van der Waals surface area (Å²) < 4.78 is 68.1. The molecule has 0 aliphatic carbocycles. The van der Waals surface area contributed by atoms with Crippen LogP contribution in [0.15, 0.2) is 72.8 Å². The quantitative estimate of drug-likeness (QED) is 0.193. The van der Waals surface area contributed by atoms with Gasteiger partial charge in [-0.15, -0.1) is 0 Å². The average molecular weight is 444 g/mol. The normalized spacial score (nSPS) is 12.6. The van der Waals surface area contributed by atoms with Gasteiger partial charge in [0.05, 0.1) is 0 Å². The third-order valence-electron chi connectivity index (χ3n) is 5.21. The lowest BCUT2D eigenvalue weighted by atomic mass is 9.93. The summed E-state index contributed by atoms with van der Waals surface area (Å²) >= 11 is 0. The SMILES string of the molecule is CC(C)c1ccc(-c2cccc3cc4ccccc4c(OS(=O)(=O)C(F)(F)F)c23)cc1. The maximum absolute atomic E-state index is 13.1. The van der Waals surface area contributed by atoms with Crippen LogP contribution < -0.4 is 4.18 Å². The van der Waals surface area contributed by atoms with Crippen molar-refractivity contribution in [2.75, 3.05) is 0 Å². The van der Waals surface area contributed by atoms with E-state index in [0.29, 0.717) is 27.6 Å². The van der Waals surface area contributed by atoms with E-state index in [9.17, 15) is 21.6 Å². The minimum absolute atomic E-state index is 0.286. The van der Waals surface area contributed by atoms with Gasteiger partial charge in [0, 0.05) is 10.8 Å². The molecular weight excluding hydrogens is 425 g/mol. The fourth-order valence-corrected chi connectivity index (χ4v) is 4.09. The van der Waals surface area contributed by atoms with E-state index < -0.39 is 15.6 Å². The number of hydrogen-bond acceptors (Lipinski definition) is 3. The highest BCUT2D eigenvalue weighted by atomic mass is 32.2. The van der Waals surface area contributed by atoms with Crippen LogP contribution in [0.3, 0.4) is 0 Å². The van der Waals surface area contributed by atoms with Crippen LogP contribution in [0.25, 0.3) is 32.7 Å². The van der Waals surface area contributed by atoms with Crippen molar-refractivity contribution in [3.63, 3.8) is 0 Å². The predicted molar refractivity (Wildman–Crippen MR) is 117 cm³/mol. The standard InChI is InChI=1S/C24H19F3O3S/c1-15(2)16-10-12-17(13-11-16)20-9-5-7-19-14-18-6-3-4-8-21(18)23(22(19)20)30-31(28,29)24(25,26)27/h3-15H,1-2H3. The van der Waals surface area contributed by atoms with Crippen molar-refractivity contribution in [3.8, 4) is 16.9 Å². The molecule has 0 unspecified atom stereocenters. The second-order valence-electron chi connectivity index (χ2n) is 7.59. The lowest BCUT2D eigenvalue weighted by molar-refractivity contribution is -0.0499. The molecule has 0 aliphatic heterocycles. The number of rotatable bonds is 4. The molecule has 0 atom stereocenters. The van der Waals surface area contributed by atoms with Crippen molar-refractivity contribution in [3.05, 3.63) is 78.4 Å². The van der Waals surface area contributed by atoms with E-state index in [1.165, 1.54) is 0 Å². The Morgan fingerprint density at radius 3 is 2.13 bits per heavy atom. The first kappa shape index (κ1) is 21.2. The summed E-state index contributed by atoms with van der Waals surface area (Å²) in [6.45, 7) is 4.13. The van der Waals surface area contributed by atoms with Crippen molar-refractivity contribution in [1.29, 1.82) is 0 Å². The zero-order valence-electron chi connectivity index (χ0n) is 16.8. The van der Waals surface area contributed by atoms with E-state index in [-0.39, 0.29) is 11.1 Å². The van der Waals surface area contributed by atoms with Gasteiger partial charge >= 0.3 is 15.6 Å². The molecule has 3 nitrogen and oxygen atoms in total. The zero-order valence-corrected chi connectivity index (χ0v) is 17.6. The monoisotopic (exact) mass is 444 g/mol. The third kappa shape index (κ3) is 3.85. The number of halogens is 3. The Balaban J connectivity index is 2.05. The molecular formula is C24H19F3O3S. The van der Waals surface area contributed by atoms with E-state index in [1.807, 2.05) is 30.3 Å². The molecule has 0 aliphatic rings. The Hall–Kier alpha value is -3.06. The molecule has 0 amide bonds. The van der Waals surface area contributed by atoms with Gasteiger partial charge in [-0.1, -0.05) is 80.6 Å². The predicted octanol–water partition coefficient (Wildman–Crippen LogP) is 7.01. The number of alkyl halides is 3. The van der Waals surface area contributed by atoms with Gasteiger partial charge in [-0.25, -0.2) is 0 Å². The average Bonchev–Trinajstić information content (AvgIpc) is 2.72. The van der Waals surface area contributed by atoms with Crippen LogP contribution in [0.1, 0.15) is 25.3 Å². The van der Waals surface area contributed by atoms with Crippen LogP contribution in [-0.4, -0.2) is 13.9 Å². The van der Waals surface area contributed by atoms with Crippen molar-refractivity contribution >= 4 is 31.7 Å². The van der Waals surface area contributed by atoms with Crippen LogP contribution in [0, 0.1) is 0 Å². The number of benzene rings is 4. The molecule has 0 bridgehead atoms. The summed E-state index contributed by atoms with van der Waals surface area (Å²) in [5.41, 5.74) is -3.08. The molecule has 4 aromatic carbocycles. The Kier molecular flexibility index (Phi) is 5.17. The van der Waals surface area contributed by atoms with Gasteiger partial charge < -0.3 is 4.18 Å². The highest BCUT2D eigenvalue weighted by Gasteiger charge is 2.49. The Labute approximate surface area is 178 Å². The molecule has 0 saturated carbocycles. The molecule has 31 heavy (non-hydrogen) atoms. The number of fused-ring (bicyclic) bond motifs is 2. The van der Waals surface area contributed by atoms with Gasteiger partial charge in [0.1, 0.15) is 0 Å². The van der Waals surface area contributed by atoms with Crippen LogP contribution in [0.4, 0.5) is 13.2 Å². The topological polar surface area (TPSA) is 43.4 Å². The first-order chi connectivity index (χ1) is 14.6. The molecule has 0 spiro atoms. The largest absolute Gasteiger partial charge is 0.534 e. The summed E-state index contributed by atoms with van der Waals surface area (Å²) in [4.78, 5) is 0. The molecule has 160 valence electrons. The van der Waals surface area contributed by atoms with Crippen LogP contribution in [0.2, 0.25) is 0 Å². The summed E-state index contributed by atoms with van der Waals surface area (Å²) in [6, 6.07) is 21.3. The van der Waals surface area contributed by atoms with Gasteiger partial charge in [0.25, 0.3) is 0 Å². The minimum atomic E-state index is -5.85. The molecule has 0 N–H and O–H groups in total. The highest BCUT2D eigenvalue weighted by molar-refractivity contribution is 7.88. The van der Waals surface area contributed by atoms with Crippen molar-refractivity contribution in [2.24, 2.45) is 0 Å². The van der Waals surface area contributed by atoms with E-state index in [0.717, 1.165) is 11.1 Å². The van der Waals surface area contributed by atoms with E-state index in [1.54, 1.807) is 42.5 Å². The third-order valence-corrected chi connectivity index (χ3v) is 6.16. The molecule has 0 heterocycles. The lowest BCUT2D eigenvalue weighted by Gasteiger charge is -2.17. The summed E-state index contributed by atoms with van der Waals surface area (Å²) in [7, 11) is -5.85. The highest BCUT2D eigenvalue weighted by Crippen LogP contribution is 2.42.